The SMILES string of the molecule is CCC=CCCC(=O)NCCCCN(CCCNC(=O)CCC=CCC)C(=O)C(CO)NC(=O)[C@@H](N)CCCCN. The number of nitrogens with zero attached hydrogens (tertiary/aromatic N) is 1. The van der Waals surface area contributed by atoms with Crippen molar-refractivity contribution in [3.8, 4) is 0 Å². The van der Waals surface area contributed by atoms with E-state index in [1.807, 2.05) is 38.2 Å². The van der Waals surface area contributed by atoms with Crippen molar-refractivity contribution < 1.29 is 24.3 Å². The Balaban J connectivity index is 4.91. The molecule has 0 rings (SSSR count). The highest BCUT2D eigenvalue weighted by molar-refractivity contribution is 5.89. The van der Waals surface area contributed by atoms with Gasteiger partial charge < -0.3 is 37.4 Å². The van der Waals surface area contributed by atoms with Crippen LogP contribution in [0.2, 0.25) is 0 Å². The average molecular weight is 581 g/mol. The van der Waals surface area contributed by atoms with E-state index in [-0.39, 0.29) is 11.8 Å². The smallest absolute Gasteiger partial charge is 0.247 e. The lowest BCUT2D eigenvalue weighted by Crippen LogP contribution is -2.54. The summed E-state index contributed by atoms with van der Waals surface area (Å²) >= 11 is 0. The Hall–Kier alpha value is -2.76. The van der Waals surface area contributed by atoms with Crippen LogP contribution in [0.1, 0.15) is 90.9 Å². The van der Waals surface area contributed by atoms with E-state index in [0.29, 0.717) is 90.5 Å². The molecule has 236 valence electrons. The third-order valence-corrected chi connectivity index (χ3v) is 6.40. The molecule has 0 saturated carbocycles. The first-order valence-electron chi connectivity index (χ1n) is 15.3. The van der Waals surface area contributed by atoms with Crippen molar-refractivity contribution in [1.82, 2.24) is 20.9 Å². The van der Waals surface area contributed by atoms with Gasteiger partial charge in [0.2, 0.25) is 23.6 Å². The van der Waals surface area contributed by atoms with E-state index in [4.69, 9.17) is 11.5 Å². The minimum Gasteiger partial charge on any atom is -0.394 e. The van der Waals surface area contributed by atoms with Crippen LogP contribution < -0.4 is 27.4 Å². The van der Waals surface area contributed by atoms with Crippen LogP contribution in [0.15, 0.2) is 24.3 Å². The van der Waals surface area contributed by atoms with Crippen molar-refractivity contribution >= 4 is 23.6 Å². The number of carbonyl (C=O) groups excluding carboxylic acids is 4. The Bertz CT molecular complexity index is 789. The third-order valence-electron chi connectivity index (χ3n) is 6.40. The molecule has 0 aliphatic carbocycles. The summed E-state index contributed by atoms with van der Waals surface area (Å²) in [6.45, 7) is 5.68. The van der Waals surface area contributed by atoms with Crippen LogP contribution in [0.5, 0.6) is 0 Å². The largest absolute Gasteiger partial charge is 0.394 e. The molecule has 8 N–H and O–H groups in total. The first-order valence-corrected chi connectivity index (χ1v) is 15.3. The highest BCUT2D eigenvalue weighted by Gasteiger charge is 2.27. The molecule has 0 heterocycles. The summed E-state index contributed by atoms with van der Waals surface area (Å²) in [5.41, 5.74) is 11.5. The fourth-order valence-electron chi connectivity index (χ4n) is 3.98. The standard InChI is InChI=1S/C30H56N6O5/c1-3-5-7-9-17-27(38)33-20-13-14-22-36(23-15-21-34-28(39)18-10-8-6-4-2)30(41)26(24-37)35-29(40)25(32)16-11-12-19-31/h5-8,25-26,37H,3-4,9-24,31-32H2,1-2H3,(H,33,38)(H,34,39)(H,35,40)/t25-,26?/m0/s1. The molecular formula is C30H56N6O5. The zero-order valence-corrected chi connectivity index (χ0v) is 25.4. The van der Waals surface area contributed by atoms with Gasteiger partial charge in [-0.25, -0.2) is 0 Å². The van der Waals surface area contributed by atoms with Gasteiger partial charge in [-0.2, -0.15) is 0 Å². The second kappa shape index (κ2) is 26.2. The molecule has 0 bridgehead atoms. The quantitative estimate of drug-likeness (QED) is 0.0701. The number of hydrogen-bond acceptors (Lipinski definition) is 7. The van der Waals surface area contributed by atoms with Gasteiger partial charge >= 0.3 is 0 Å². The summed E-state index contributed by atoms with van der Waals surface area (Å²) in [6, 6.07) is -1.90. The summed E-state index contributed by atoms with van der Waals surface area (Å²) in [6.07, 6.45) is 15.9. The van der Waals surface area contributed by atoms with Gasteiger partial charge in [-0.3, -0.25) is 19.2 Å². The molecule has 0 aromatic carbocycles. The van der Waals surface area contributed by atoms with Crippen LogP contribution in [0, 0.1) is 0 Å². The molecule has 2 atom stereocenters. The second-order valence-corrected chi connectivity index (χ2v) is 10.1. The number of hydrogen-bond donors (Lipinski definition) is 6. The number of nitrogens with one attached hydrogen (secondary N) is 3. The van der Waals surface area contributed by atoms with Crippen LogP contribution in [-0.4, -0.2) is 85.0 Å². The summed E-state index contributed by atoms with van der Waals surface area (Å²) in [4.78, 5) is 51.4. The predicted octanol–water partition coefficient (Wildman–Crippen LogP) is 1.64. The van der Waals surface area contributed by atoms with Gasteiger partial charge in [-0.05, 0) is 64.3 Å². The van der Waals surface area contributed by atoms with Crippen molar-refractivity contribution in [1.29, 1.82) is 0 Å². The van der Waals surface area contributed by atoms with E-state index in [0.717, 1.165) is 19.3 Å². The van der Waals surface area contributed by atoms with Crippen LogP contribution in [0.3, 0.4) is 0 Å². The van der Waals surface area contributed by atoms with Crippen molar-refractivity contribution in [3.05, 3.63) is 24.3 Å². The fourth-order valence-corrected chi connectivity index (χ4v) is 3.98. The predicted molar refractivity (Wildman–Crippen MR) is 164 cm³/mol. The van der Waals surface area contributed by atoms with Gasteiger partial charge in [0.05, 0.1) is 12.6 Å². The number of aliphatic hydroxyl groups is 1. The van der Waals surface area contributed by atoms with E-state index in [2.05, 4.69) is 16.0 Å². The maximum Gasteiger partial charge on any atom is 0.247 e. The van der Waals surface area contributed by atoms with Gasteiger partial charge in [0.1, 0.15) is 6.04 Å². The summed E-state index contributed by atoms with van der Waals surface area (Å²) in [5.74, 6) is -0.952. The van der Waals surface area contributed by atoms with Crippen molar-refractivity contribution in [2.24, 2.45) is 11.5 Å². The van der Waals surface area contributed by atoms with Crippen molar-refractivity contribution in [2.75, 3.05) is 39.3 Å². The van der Waals surface area contributed by atoms with Gasteiger partial charge in [-0.15, -0.1) is 0 Å². The molecule has 0 aromatic heterocycles. The number of unbranched alkanes of at least 4 members (excludes halogenated alkanes) is 2. The third kappa shape index (κ3) is 20.7. The summed E-state index contributed by atoms with van der Waals surface area (Å²) < 4.78 is 0. The zero-order chi connectivity index (χ0) is 30.7. The molecule has 0 aliphatic rings. The molecule has 0 radical (unpaired) electrons. The maximum atomic E-state index is 13.3. The van der Waals surface area contributed by atoms with Crippen LogP contribution in [-0.2, 0) is 19.2 Å². The van der Waals surface area contributed by atoms with Gasteiger partial charge in [-0.1, -0.05) is 44.6 Å². The molecule has 0 saturated heterocycles. The number of amides is 4. The Morgan fingerprint density at radius 2 is 1.37 bits per heavy atom. The van der Waals surface area contributed by atoms with Crippen LogP contribution >= 0.6 is 0 Å². The summed E-state index contributed by atoms with van der Waals surface area (Å²) in [7, 11) is 0. The van der Waals surface area contributed by atoms with E-state index in [1.165, 1.54) is 0 Å². The Kier molecular flexibility index (Phi) is 24.4. The number of aliphatic hydroxyl groups excluding tert-OH is 1. The molecule has 11 nitrogen and oxygen atoms in total. The van der Waals surface area contributed by atoms with E-state index < -0.39 is 30.5 Å². The van der Waals surface area contributed by atoms with Gasteiger partial charge in [0.25, 0.3) is 0 Å². The minimum absolute atomic E-state index is 0.00882. The topological polar surface area (TPSA) is 180 Å². The van der Waals surface area contributed by atoms with Gasteiger partial charge in [0.15, 0.2) is 0 Å². The van der Waals surface area contributed by atoms with E-state index >= 15 is 0 Å². The Morgan fingerprint density at radius 3 is 1.90 bits per heavy atom. The second-order valence-electron chi connectivity index (χ2n) is 10.1. The number of rotatable bonds is 25. The molecular weight excluding hydrogens is 524 g/mol. The normalized spacial score (nSPS) is 12.8. The minimum atomic E-state index is -1.11. The number of carbonyl (C=O) groups is 4. The Labute approximate surface area is 246 Å². The van der Waals surface area contributed by atoms with Crippen molar-refractivity contribution in [2.45, 2.75) is 103 Å². The summed E-state index contributed by atoms with van der Waals surface area (Å²) in [5, 5.41) is 18.3. The molecule has 0 aliphatic heterocycles. The van der Waals surface area contributed by atoms with E-state index in [1.54, 1.807) is 4.90 Å². The van der Waals surface area contributed by atoms with E-state index in [9.17, 15) is 24.3 Å². The Morgan fingerprint density at radius 1 is 0.805 bits per heavy atom. The first-order chi connectivity index (χ1) is 19.8. The molecule has 41 heavy (non-hydrogen) atoms. The zero-order valence-electron chi connectivity index (χ0n) is 25.4. The van der Waals surface area contributed by atoms with Gasteiger partial charge in [0, 0.05) is 39.0 Å². The first kappa shape index (κ1) is 38.2. The molecule has 11 heteroatoms. The lowest BCUT2D eigenvalue weighted by atomic mass is 10.1. The fraction of sp³-hybridized carbons (Fsp3) is 0.733. The highest BCUT2D eigenvalue weighted by atomic mass is 16.3. The molecule has 0 fully saturated rings. The molecule has 4 amide bonds. The highest BCUT2D eigenvalue weighted by Crippen LogP contribution is 2.04. The monoisotopic (exact) mass is 580 g/mol. The molecule has 0 aromatic rings. The van der Waals surface area contributed by atoms with Crippen LogP contribution in [0.4, 0.5) is 0 Å². The average Bonchev–Trinajstić information content (AvgIpc) is 2.96. The number of nitrogens with two attached hydrogens (primary N) is 2. The van der Waals surface area contributed by atoms with Crippen molar-refractivity contribution in [3.63, 3.8) is 0 Å². The molecule has 1 unspecified atom stereocenters. The maximum absolute atomic E-state index is 13.3. The molecule has 0 spiro atoms. The lowest BCUT2D eigenvalue weighted by molar-refractivity contribution is -0.138. The number of allylic oxidation sites excluding steroid dienone is 4. The lowest BCUT2D eigenvalue weighted by Gasteiger charge is -2.28. The van der Waals surface area contributed by atoms with Crippen LogP contribution in [0.25, 0.3) is 0 Å².